The van der Waals surface area contributed by atoms with Crippen molar-refractivity contribution in [3.05, 3.63) is 332 Å². The van der Waals surface area contributed by atoms with Gasteiger partial charge in [-0.25, -0.2) is 38.4 Å². The highest BCUT2D eigenvalue weighted by atomic mass is 19.4. The minimum Gasteiger partial charge on any atom is -0.478 e. The first-order chi connectivity index (χ1) is 55.1. The largest absolute Gasteiger partial charge is 0.478 e. The molecule has 0 aromatic heterocycles. The van der Waals surface area contributed by atoms with Gasteiger partial charge in [-0.2, -0.15) is 105 Å². The molecule has 0 amide bonds. The predicted molar refractivity (Wildman–Crippen MR) is 385 cm³/mol. The number of alkyl halides is 24. The van der Waals surface area contributed by atoms with Crippen molar-refractivity contribution in [1.82, 2.24) is 0 Å². The van der Waals surface area contributed by atoms with Gasteiger partial charge >= 0.3 is 97.2 Å². The zero-order valence-electron chi connectivity index (χ0n) is 59.6. The van der Waals surface area contributed by atoms with Crippen LogP contribution in [0.3, 0.4) is 0 Å². The highest BCUT2D eigenvalue weighted by Crippen LogP contribution is 2.36. The Hall–Kier alpha value is -14.2. The van der Waals surface area contributed by atoms with Gasteiger partial charge in [-0.15, -0.1) is 0 Å². The SMILES string of the molecule is O=C(O)/C=C/c1ccc(C(F)(F)F)cc1.O=C(O)/C=C/c1ccc(C(F)(F)F)cc1.O=C(O)/C=C/c1ccc(C(F)(F)F)cc1.O=C(O)/C=C/c1ccc(C(F)(F)F)cc1.O=C(O)/C=C/c1ccc(C(F)(F)F)cc1.O=C(O)/C=C/c1ccc(C(F)(F)F)cc1.O=C(O)/C=C/c1ccc(C(F)(F)F)cc1.O=C(O)/C=C/c1ccc(C(F)(F)F)cc1. The average Bonchev–Trinajstić information content (AvgIpc) is 0.907. The van der Waals surface area contributed by atoms with E-state index in [9.17, 15) is 144 Å². The van der Waals surface area contributed by atoms with Gasteiger partial charge in [0.05, 0.1) is 44.5 Å². The van der Waals surface area contributed by atoms with Crippen molar-refractivity contribution in [2.45, 2.75) is 49.4 Å². The van der Waals surface area contributed by atoms with E-state index in [1.165, 1.54) is 146 Å². The third kappa shape index (κ3) is 46.3. The summed E-state index contributed by atoms with van der Waals surface area (Å²) in [5, 5.41) is 66.3. The Bertz CT molecular complexity index is 3940. The number of carboxylic acid groups (broad SMARTS) is 8. The summed E-state index contributed by atoms with van der Waals surface area (Å²) in [5.41, 5.74) is -2.77. The number of carboxylic acids is 8. The summed E-state index contributed by atoms with van der Waals surface area (Å²) >= 11 is 0. The second-order valence-corrected chi connectivity index (χ2v) is 22.3. The summed E-state index contributed by atoms with van der Waals surface area (Å²) in [6.07, 6.45) is -18.2. The molecular formula is C80H56F24O16. The second kappa shape index (κ2) is 47.7. The molecule has 0 aliphatic carbocycles. The Balaban J connectivity index is 0.000000686. The second-order valence-electron chi connectivity index (χ2n) is 22.3. The smallest absolute Gasteiger partial charge is 0.416 e. The van der Waals surface area contributed by atoms with Gasteiger partial charge in [0.25, 0.3) is 0 Å². The average molecular weight is 1730 g/mol. The topological polar surface area (TPSA) is 298 Å². The van der Waals surface area contributed by atoms with Crippen molar-refractivity contribution in [2.75, 3.05) is 0 Å². The molecule has 640 valence electrons. The molecule has 0 spiro atoms. The first kappa shape index (κ1) is 104. The fourth-order valence-corrected chi connectivity index (χ4v) is 7.61. The van der Waals surface area contributed by atoms with E-state index in [0.717, 1.165) is 146 Å². The van der Waals surface area contributed by atoms with E-state index in [-0.39, 0.29) is 0 Å². The molecule has 8 rings (SSSR count). The van der Waals surface area contributed by atoms with Crippen LogP contribution in [0.15, 0.2) is 243 Å². The maximum Gasteiger partial charge on any atom is 0.416 e. The van der Waals surface area contributed by atoms with Crippen LogP contribution in [0.25, 0.3) is 48.6 Å². The molecule has 16 nitrogen and oxygen atoms in total. The lowest BCUT2D eigenvalue weighted by molar-refractivity contribution is -0.138. The molecule has 0 aliphatic heterocycles. The number of rotatable bonds is 16. The van der Waals surface area contributed by atoms with Crippen LogP contribution in [0, 0.1) is 0 Å². The van der Waals surface area contributed by atoms with Gasteiger partial charge in [-0.05, 0) is 190 Å². The van der Waals surface area contributed by atoms with Crippen molar-refractivity contribution >= 4 is 96.4 Å². The van der Waals surface area contributed by atoms with Crippen molar-refractivity contribution in [2.24, 2.45) is 0 Å². The minimum absolute atomic E-state index is 0.408. The van der Waals surface area contributed by atoms with Crippen molar-refractivity contribution in [3.63, 3.8) is 0 Å². The standard InChI is InChI=1S/8C10H7F3O2/c8*11-10(12,13)8-4-1-7(2-5-8)3-6-9(14)15/h8*1-6H,(H,14,15)/b8*6-3+. The van der Waals surface area contributed by atoms with Gasteiger partial charge in [0.15, 0.2) is 0 Å². The third-order valence-corrected chi connectivity index (χ3v) is 13.3. The molecule has 0 saturated carbocycles. The van der Waals surface area contributed by atoms with E-state index in [0.29, 0.717) is 44.5 Å². The predicted octanol–water partition coefficient (Wildman–Crippen LogP) is 22.4. The number of aliphatic carboxylic acids is 8. The number of benzene rings is 8. The third-order valence-electron chi connectivity index (χ3n) is 13.3. The molecule has 0 radical (unpaired) electrons. The van der Waals surface area contributed by atoms with Crippen LogP contribution < -0.4 is 0 Å². The molecule has 0 bridgehead atoms. The fourth-order valence-electron chi connectivity index (χ4n) is 7.61. The Morgan fingerprint density at radius 1 is 0.150 bits per heavy atom. The number of hydrogen-bond acceptors (Lipinski definition) is 8. The van der Waals surface area contributed by atoms with E-state index < -0.39 is 142 Å². The van der Waals surface area contributed by atoms with Crippen molar-refractivity contribution < 1.29 is 185 Å². The van der Waals surface area contributed by atoms with Crippen molar-refractivity contribution in [3.8, 4) is 0 Å². The van der Waals surface area contributed by atoms with Crippen LogP contribution in [0.5, 0.6) is 0 Å². The van der Waals surface area contributed by atoms with E-state index in [2.05, 4.69) is 0 Å². The highest BCUT2D eigenvalue weighted by Gasteiger charge is 2.35. The van der Waals surface area contributed by atoms with Crippen molar-refractivity contribution in [1.29, 1.82) is 0 Å². The maximum absolute atomic E-state index is 12.1. The zero-order valence-corrected chi connectivity index (χ0v) is 59.6. The van der Waals surface area contributed by atoms with E-state index in [1.807, 2.05) is 0 Å². The van der Waals surface area contributed by atoms with Crippen LogP contribution in [0.2, 0.25) is 0 Å². The van der Waals surface area contributed by atoms with Gasteiger partial charge in [-0.1, -0.05) is 97.1 Å². The maximum atomic E-state index is 12.1. The number of hydrogen-bond donors (Lipinski definition) is 8. The molecule has 0 atom stereocenters. The minimum atomic E-state index is -4.37. The molecular weight excluding hydrogens is 1670 g/mol. The number of carbonyl (C=O) groups is 8. The lowest BCUT2D eigenvalue weighted by Gasteiger charge is -2.05. The lowest BCUT2D eigenvalue weighted by Crippen LogP contribution is -2.03. The van der Waals surface area contributed by atoms with Gasteiger partial charge < -0.3 is 40.9 Å². The summed E-state index contributed by atoms with van der Waals surface area (Å²) in [5.74, 6) is -9.15. The van der Waals surface area contributed by atoms with Gasteiger partial charge in [0.2, 0.25) is 0 Å². The summed E-state index contributed by atoms with van der Waals surface area (Å²) < 4.78 is 291. The van der Waals surface area contributed by atoms with E-state index in [1.54, 1.807) is 0 Å². The van der Waals surface area contributed by atoms with Crippen LogP contribution in [0.4, 0.5) is 105 Å². The van der Waals surface area contributed by atoms with E-state index in [4.69, 9.17) is 40.9 Å². The molecule has 40 heteroatoms. The number of halogens is 24. The molecule has 0 unspecified atom stereocenters. The van der Waals surface area contributed by atoms with Gasteiger partial charge in [0, 0.05) is 48.6 Å². The zero-order chi connectivity index (χ0) is 91.8. The molecule has 8 aromatic carbocycles. The van der Waals surface area contributed by atoms with E-state index >= 15 is 0 Å². The summed E-state index contributed by atoms with van der Waals surface area (Å²) in [7, 11) is 0. The molecule has 120 heavy (non-hydrogen) atoms. The fraction of sp³-hybridized carbons (Fsp3) is 0.100. The van der Waals surface area contributed by atoms with Crippen LogP contribution in [0.1, 0.15) is 89.0 Å². The Morgan fingerprint density at radius 2 is 0.217 bits per heavy atom. The monoisotopic (exact) mass is 1730 g/mol. The summed E-state index contributed by atoms with van der Waals surface area (Å²) in [6.45, 7) is 0. The normalized spacial score (nSPS) is 11.9. The van der Waals surface area contributed by atoms with Crippen LogP contribution in [-0.2, 0) is 87.8 Å². The first-order valence-corrected chi connectivity index (χ1v) is 31.8. The molecule has 0 saturated heterocycles. The highest BCUT2D eigenvalue weighted by molar-refractivity contribution is 5.89. The van der Waals surface area contributed by atoms with Gasteiger partial charge in [-0.3, -0.25) is 0 Å². The Kier molecular flexibility index (Phi) is 41.3. The Morgan fingerprint density at radius 3 is 0.267 bits per heavy atom. The quantitative estimate of drug-likeness (QED) is 0.0329. The summed E-state index contributed by atoms with van der Waals surface area (Å²) in [4.78, 5) is 81.1. The van der Waals surface area contributed by atoms with Gasteiger partial charge in [0.1, 0.15) is 0 Å². The first-order valence-electron chi connectivity index (χ1n) is 31.8. The molecule has 8 aromatic rings. The van der Waals surface area contributed by atoms with Crippen LogP contribution >= 0.6 is 0 Å². The molecule has 0 heterocycles. The Labute approximate surface area is 660 Å². The molecule has 0 fully saturated rings. The lowest BCUT2D eigenvalue weighted by atomic mass is 10.1. The molecule has 0 aliphatic rings. The van der Waals surface area contributed by atoms with Crippen LogP contribution in [-0.4, -0.2) is 88.6 Å². The summed E-state index contributed by atoms with van der Waals surface area (Å²) in [6, 6.07) is 33.8. The molecule has 8 N–H and O–H groups in total.